The second kappa shape index (κ2) is 6.48. The molecule has 0 aromatic carbocycles. The smallest absolute Gasteiger partial charge is 0.134 e. The number of halogens is 1. The molecule has 0 radical (unpaired) electrons. The molecular weight excluding hydrogens is 260 g/mol. The van der Waals surface area contributed by atoms with Crippen molar-refractivity contribution in [1.82, 2.24) is 15.0 Å². The van der Waals surface area contributed by atoms with Gasteiger partial charge in [0.15, 0.2) is 0 Å². The molecule has 2 rings (SSSR count). The zero-order valence-electron chi connectivity index (χ0n) is 11.2. The van der Waals surface area contributed by atoms with Crippen molar-refractivity contribution in [3.05, 3.63) is 47.1 Å². The third-order valence-corrected chi connectivity index (χ3v) is 3.02. The summed E-state index contributed by atoms with van der Waals surface area (Å²) in [4.78, 5) is 15.2. The zero-order valence-corrected chi connectivity index (χ0v) is 11.9. The summed E-state index contributed by atoms with van der Waals surface area (Å²) in [5, 5.41) is 0.487. The predicted octanol–water partition coefficient (Wildman–Crippen LogP) is 3.11. The summed E-state index contributed by atoms with van der Waals surface area (Å²) in [6.07, 6.45) is 2.57. The van der Waals surface area contributed by atoms with Crippen molar-refractivity contribution >= 4 is 17.4 Å². The Morgan fingerprint density at radius 2 is 2.05 bits per heavy atom. The summed E-state index contributed by atoms with van der Waals surface area (Å²) in [5.41, 5.74) is 1.01. The van der Waals surface area contributed by atoms with Gasteiger partial charge in [0, 0.05) is 25.2 Å². The molecule has 0 saturated heterocycles. The second-order valence-electron chi connectivity index (χ2n) is 4.15. The summed E-state index contributed by atoms with van der Waals surface area (Å²) in [7, 11) is 0. The van der Waals surface area contributed by atoms with Gasteiger partial charge in [-0.1, -0.05) is 24.6 Å². The van der Waals surface area contributed by atoms with E-state index in [1.807, 2.05) is 25.1 Å². The van der Waals surface area contributed by atoms with Gasteiger partial charge in [0.05, 0.1) is 12.2 Å². The molecule has 0 atom stereocenters. The predicted molar refractivity (Wildman–Crippen MR) is 77.4 cm³/mol. The van der Waals surface area contributed by atoms with E-state index in [4.69, 9.17) is 11.6 Å². The van der Waals surface area contributed by atoms with Crippen LogP contribution in [0.15, 0.2) is 30.5 Å². The van der Waals surface area contributed by atoms with Crippen molar-refractivity contribution in [2.45, 2.75) is 26.8 Å². The SMILES string of the molecule is CCc1nc(Cl)cc(N(CC)Cc2ccccn2)n1. The highest BCUT2D eigenvalue weighted by molar-refractivity contribution is 6.29. The standard InChI is InChI=1S/C14H17ClN4/c1-3-13-17-12(15)9-14(18-13)19(4-2)10-11-7-5-6-8-16-11/h5-9H,3-4,10H2,1-2H3. The van der Waals surface area contributed by atoms with Crippen molar-refractivity contribution in [3.8, 4) is 0 Å². The molecule has 4 nitrogen and oxygen atoms in total. The van der Waals surface area contributed by atoms with Gasteiger partial charge in [0.25, 0.3) is 0 Å². The molecule has 5 heteroatoms. The van der Waals surface area contributed by atoms with Crippen LogP contribution < -0.4 is 4.90 Å². The fourth-order valence-corrected chi connectivity index (χ4v) is 2.01. The van der Waals surface area contributed by atoms with Crippen molar-refractivity contribution in [2.24, 2.45) is 0 Å². The number of rotatable bonds is 5. The molecule has 0 N–H and O–H groups in total. The van der Waals surface area contributed by atoms with Crippen molar-refractivity contribution in [3.63, 3.8) is 0 Å². The summed E-state index contributed by atoms with van der Waals surface area (Å²) >= 11 is 6.04. The Bertz CT molecular complexity index is 530. The van der Waals surface area contributed by atoms with E-state index in [9.17, 15) is 0 Å². The van der Waals surface area contributed by atoms with Crippen LogP contribution in [0.25, 0.3) is 0 Å². The number of hydrogen-bond acceptors (Lipinski definition) is 4. The lowest BCUT2D eigenvalue weighted by Crippen LogP contribution is -2.24. The van der Waals surface area contributed by atoms with Crippen LogP contribution in [0.4, 0.5) is 5.82 Å². The van der Waals surface area contributed by atoms with Gasteiger partial charge in [-0.2, -0.15) is 0 Å². The van der Waals surface area contributed by atoms with Crippen LogP contribution in [0.5, 0.6) is 0 Å². The summed E-state index contributed by atoms with van der Waals surface area (Å²) in [6.45, 7) is 5.66. The van der Waals surface area contributed by atoms with Crippen LogP contribution in [0.3, 0.4) is 0 Å². The van der Waals surface area contributed by atoms with E-state index in [0.717, 1.165) is 30.3 Å². The minimum absolute atomic E-state index is 0.487. The number of anilines is 1. The first-order chi connectivity index (χ1) is 9.22. The molecule has 100 valence electrons. The van der Waals surface area contributed by atoms with Crippen LogP contribution >= 0.6 is 11.6 Å². The minimum atomic E-state index is 0.487. The first-order valence-electron chi connectivity index (χ1n) is 6.41. The van der Waals surface area contributed by atoms with Gasteiger partial charge in [-0.15, -0.1) is 0 Å². The molecule has 0 fully saturated rings. The fourth-order valence-electron chi connectivity index (χ4n) is 1.81. The Kier molecular flexibility index (Phi) is 4.68. The Morgan fingerprint density at radius 3 is 2.68 bits per heavy atom. The number of aromatic nitrogens is 3. The van der Waals surface area contributed by atoms with Crippen LogP contribution in [0.1, 0.15) is 25.4 Å². The molecule has 0 aliphatic rings. The van der Waals surface area contributed by atoms with Gasteiger partial charge in [-0.25, -0.2) is 9.97 Å². The molecule has 0 saturated carbocycles. The maximum atomic E-state index is 6.04. The van der Waals surface area contributed by atoms with E-state index in [-0.39, 0.29) is 0 Å². The number of pyridine rings is 1. The van der Waals surface area contributed by atoms with Crippen molar-refractivity contribution in [2.75, 3.05) is 11.4 Å². The van der Waals surface area contributed by atoms with E-state index in [2.05, 4.69) is 26.8 Å². The van der Waals surface area contributed by atoms with Crippen LogP contribution in [0, 0.1) is 0 Å². The normalized spacial score (nSPS) is 10.5. The Morgan fingerprint density at radius 1 is 1.21 bits per heavy atom. The average molecular weight is 277 g/mol. The van der Waals surface area contributed by atoms with E-state index >= 15 is 0 Å². The highest BCUT2D eigenvalue weighted by Gasteiger charge is 2.10. The molecule has 0 unspecified atom stereocenters. The molecule has 19 heavy (non-hydrogen) atoms. The fraction of sp³-hybridized carbons (Fsp3) is 0.357. The molecule has 0 aliphatic heterocycles. The molecular formula is C14H17ClN4. The molecule has 2 heterocycles. The van der Waals surface area contributed by atoms with Crippen LogP contribution in [0.2, 0.25) is 5.15 Å². The Hall–Kier alpha value is -1.68. The van der Waals surface area contributed by atoms with Crippen LogP contribution in [-0.2, 0) is 13.0 Å². The van der Waals surface area contributed by atoms with Crippen molar-refractivity contribution in [1.29, 1.82) is 0 Å². The quantitative estimate of drug-likeness (QED) is 0.787. The van der Waals surface area contributed by atoms with Crippen LogP contribution in [-0.4, -0.2) is 21.5 Å². The third kappa shape index (κ3) is 3.64. The molecule has 2 aromatic heterocycles. The average Bonchev–Trinajstić information content (AvgIpc) is 2.45. The first-order valence-corrected chi connectivity index (χ1v) is 6.79. The topological polar surface area (TPSA) is 41.9 Å². The van der Waals surface area contributed by atoms with Gasteiger partial charge in [-0.3, -0.25) is 4.98 Å². The van der Waals surface area contributed by atoms with Gasteiger partial charge in [0.1, 0.15) is 16.8 Å². The highest BCUT2D eigenvalue weighted by atomic mass is 35.5. The lowest BCUT2D eigenvalue weighted by atomic mass is 10.3. The largest absolute Gasteiger partial charge is 0.351 e. The van der Waals surface area contributed by atoms with Gasteiger partial charge in [0.2, 0.25) is 0 Å². The molecule has 0 bridgehead atoms. The lowest BCUT2D eigenvalue weighted by Gasteiger charge is -2.22. The lowest BCUT2D eigenvalue weighted by molar-refractivity contribution is 0.780. The monoisotopic (exact) mass is 276 g/mol. The zero-order chi connectivity index (χ0) is 13.7. The Balaban J connectivity index is 2.24. The maximum absolute atomic E-state index is 6.04. The van der Waals surface area contributed by atoms with E-state index in [1.165, 1.54) is 0 Å². The summed E-state index contributed by atoms with van der Waals surface area (Å²) < 4.78 is 0. The Labute approximate surface area is 118 Å². The van der Waals surface area contributed by atoms with Gasteiger partial charge >= 0.3 is 0 Å². The number of nitrogens with zero attached hydrogens (tertiary/aromatic N) is 4. The molecule has 0 aliphatic carbocycles. The first kappa shape index (κ1) is 13.7. The number of hydrogen-bond donors (Lipinski definition) is 0. The minimum Gasteiger partial charge on any atom is -0.351 e. The summed E-state index contributed by atoms with van der Waals surface area (Å²) in [5.74, 6) is 1.62. The van der Waals surface area contributed by atoms with E-state index < -0.39 is 0 Å². The maximum Gasteiger partial charge on any atom is 0.134 e. The molecule has 0 spiro atoms. The second-order valence-corrected chi connectivity index (χ2v) is 4.54. The third-order valence-electron chi connectivity index (χ3n) is 2.83. The molecule has 2 aromatic rings. The summed E-state index contributed by atoms with van der Waals surface area (Å²) in [6, 6.07) is 7.70. The number of aryl methyl sites for hydroxylation is 1. The van der Waals surface area contributed by atoms with Crippen molar-refractivity contribution < 1.29 is 0 Å². The van der Waals surface area contributed by atoms with E-state index in [0.29, 0.717) is 11.7 Å². The molecule has 0 amide bonds. The van der Waals surface area contributed by atoms with Gasteiger partial charge < -0.3 is 4.90 Å². The van der Waals surface area contributed by atoms with E-state index in [1.54, 1.807) is 12.3 Å². The van der Waals surface area contributed by atoms with Gasteiger partial charge in [-0.05, 0) is 19.1 Å². The highest BCUT2D eigenvalue weighted by Crippen LogP contribution is 2.18.